The van der Waals surface area contributed by atoms with Crippen LogP contribution in [-0.2, 0) is 9.59 Å². The summed E-state index contributed by atoms with van der Waals surface area (Å²) in [6.07, 6.45) is 0.630. The monoisotopic (exact) mass is 342 g/mol. The highest BCUT2D eigenvalue weighted by atomic mass is 19.1. The maximum Gasteiger partial charge on any atom is 0.222 e. The fourth-order valence-electron chi connectivity index (χ4n) is 2.46. The van der Waals surface area contributed by atoms with Gasteiger partial charge in [-0.3, -0.25) is 9.59 Å². The highest BCUT2D eigenvalue weighted by Gasteiger charge is 2.28. The number of amides is 2. The fourth-order valence-corrected chi connectivity index (χ4v) is 2.46. The summed E-state index contributed by atoms with van der Waals surface area (Å²) in [5.74, 6) is -2.61. The first-order valence-corrected chi connectivity index (χ1v) is 7.85. The summed E-state index contributed by atoms with van der Waals surface area (Å²) >= 11 is 0. The zero-order valence-corrected chi connectivity index (χ0v) is 14.2. The maximum atomic E-state index is 14.0. The normalized spacial score (nSPS) is 14.6. The van der Waals surface area contributed by atoms with Gasteiger partial charge < -0.3 is 15.7 Å². The van der Waals surface area contributed by atoms with E-state index in [1.807, 2.05) is 6.92 Å². The highest BCUT2D eigenvalue weighted by molar-refractivity contribution is 5.79. The molecule has 0 bridgehead atoms. The quantitative estimate of drug-likeness (QED) is 0.678. The average Bonchev–Trinajstić information content (AvgIpc) is 2.46. The second kappa shape index (κ2) is 8.73. The van der Waals surface area contributed by atoms with Crippen molar-refractivity contribution in [3.05, 3.63) is 35.4 Å². The molecule has 2 unspecified atom stereocenters. The van der Waals surface area contributed by atoms with Crippen molar-refractivity contribution in [2.24, 2.45) is 0 Å². The van der Waals surface area contributed by atoms with Crippen molar-refractivity contribution in [1.82, 2.24) is 10.6 Å². The van der Waals surface area contributed by atoms with Crippen molar-refractivity contribution in [3.8, 4) is 0 Å². The summed E-state index contributed by atoms with van der Waals surface area (Å²) in [5, 5.41) is 14.3. The molecule has 0 radical (unpaired) electrons. The van der Waals surface area contributed by atoms with E-state index in [1.54, 1.807) is 6.92 Å². The molecule has 3 N–H and O–H groups in total. The Labute approximate surface area is 140 Å². The minimum Gasteiger partial charge on any atom is -0.396 e. The first-order chi connectivity index (χ1) is 11.2. The third-order valence-corrected chi connectivity index (χ3v) is 4.00. The molecule has 2 amide bonds. The average molecular weight is 342 g/mol. The molecule has 24 heavy (non-hydrogen) atoms. The third kappa shape index (κ3) is 5.56. The zero-order valence-electron chi connectivity index (χ0n) is 14.2. The van der Waals surface area contributed by atoms with E-state index >= 15 is 0 Å². The van der Waals surface area contributed by atoms with Gasteiger partial charge in [-0.05, 0) is 31.9 Å². The predicted octanol–water partition coefficient (Wildman–Crippen LogP) is 2.20. The number of benzene rings is 1. The number of hydrogen-bond acceptors (Lipinski definition) is 3. The van der Waals surface area contributed by atoms with Crippen LogP contribution in [-0.4, -0.2) is 29.1 Å². The van der Waals surface area contributed by atoms with Gasteiger partial charge in [0.1, 0.15) is 11.6 Å². The van der Waals surface area contributed by atoms with Gasteiger partial charge >= 0.3 is 0 Å². The van der Waals surface area contributed by atoms with Gasteiger partial charge in [-0.2, -0.15) is 0 Å². The molecule has 0 aliphatic rings. The Morgan fingerprint density at radius 1 is 1.29 bits per heavy atom. The molecule has 0 heterocycles. The maximum absolute atomic E-state index is 14.0. The van der Waals surface area contributed by atoms with Crippen molar-refractivity contribution >= 4 is 11.8 Å². The molecule has 2 atom stereocenters. The lowest BCUT2D eigenvalue weighted by Gasteiger charge is -2.30. The number of aliphatic hydroxyl groups is 1. The lowest BCUT2D eigenvalue weighted by molar-refractivity contribution is -0.124. The molecule has 1 aromatic rings. The molecule has 0 aliphatic heterocycles. The standard InChI is InChI=1S/C17H24F2N2O3/c1-4-17(3,8-9-22)21-15(24)10-14(20-11(2)23)16-12(18)6-5-7-13(16)19/h5-7,14,22H,4,8-10H2,1-3H3,(H,20,23)(H,21,24). The fraction of sp³-hybridized carbons (Fsp3) is 0.529. The number of halogens is 2. The number of rotatable bonds is 8. The van der Waals surface area contributed by atoms with Gasteiger partial charge in [0.2, 0.25) is 11.8 Å². The van der Waals surface area contributed by atoms with Crippen molar-refractivity contribution in [2.45, 2.75) is 51.6 Å². The molecule has 1 aromatic carbocycles. The van der Waals surface area contributed by atoms with Crippen LogP contribution in [0.15, 0.2) is 18.2 Å². The topological polar surface area (TPSA) is 78.4 Å². The highest BCUT2D eigenvalue weighted by Crippen LogP contribution is 2.24. The minimum absolute atomic E-state index is 0.0955. The summed E-state index contributed by atoms with van der Waals surface area (Å²) in [7, 11) is 0. The summed E-state index contributed by atoms with van der Waals surface area (Å²) < 4.78 is 27.9. The Kier molecular flexibility index (Phi) is 7.28. The van der Waals surface area contributed by atoms with Crippen LogP contribution in [0.25, 0.3) is 0 Å². The Morgan fingerprint density at radius 2 is 1.88 bits per heavy atom. The molecule has 0 aromatic heterocycles. The number of nitrogens with one attached hydrogen (secondary N) is 2. The van der Waals surface area contributed by atoms with Gasteiger partial charge in [-0.15, -0.1) is 0 Å². The van der Waals surface area contributed by atoms with E-state index in [-0.39, 0.29) is 18.6 Å². The van der Waals surface area contributed by atoms with Crippen LogP contribution in [0.3, 0.4) is 0 Å². The Balaban J connectivity index is 2.98. The molecule has 0 saturated heterocycles. The summed E-state index contributed by atoms with van der Waals surface area (Å²) in [4.78, 5) is 23.6. The van der Waals surface area contributed by atoms with E-state index in [2.05, 4.69) is 10.6 Å². The summed E-state index contributed by atoms with van der Waals surface area (Å²) in [5.41, 5.74) is -0.969. The van der Waals surface area contributed by atoms with Crippen LogP contribution in [0.2, 0.25) is 0 Å². The van der Waals surface area contributed by atoms with Gasteiger partial charge in [-0.25, -0.2) is 8.78 Å². The van der Waals surface area contributed by atoms with Crippen LogP contribution in [0.1, 0.15) is 51.6 Å². The van der Waals surface area contributed by atoms with Gasteiger partial charge in [0, 0.05) is 24.6 Å². The van der Waals surface area contributed by atoms with Crippen LogP contribution in [0, 0.1) is 11.6 Å². The number of aliphatic hydroxyl groups excluding tert-OH is 1. The van der Waals surface area contributed by atoms with Crippen LogP contribution in [0.5, 0.6) is 0 Å². The van der Waals surface area contributed by atoms with E-state index in [0.29, 0.717) is 12.8 Å². The Bertz CT molecular complexity index is 575. The molecule has 134 valence electrons. The van der Waals surface area contributed by atoms with E-state index in [0.717, 1.165) is 12.1 Å². The predicted molar refractivity (Wildman–Crippen MR) is 86.1 cm³/mol. The molecule has 5 nitrogen and oxygen atoms in total. The van der Waals surface area contributed by atoms with Gasteiger partial charge in [0.05, 0.1) is 12.5 Å². The molecule has 7 heteroatoms. The zero-order chi connectivity index (χ0) is 18.3. The van der Waals surface area contributed by atoms with E-state index < -0.39 is 35.0 Å². The molecule has 1 rings (SSSR count). The van der Waals surface area contributed by atoms with E-state index in [4.69, 9.17) is 5.11 Å². The summed E-state index contributed by atoms with van der Waals surface area (Å²) in [6, 6.07) is 2.26. The number of carbonyl (C=O) groups excluding carboxylic acids is 2. The van der Waals surface area contributed by atoms with Gasteiger partial charge in [0.15, 0.2) is 0 Å². The SMILES string of the molecule is CCC(C)(CCO)NC(=O)CC(NC(C)=O)c1c(F)cccc1F. The molecule has 0 spiro atoms. The first-order valence-electron chi connectivity index (χ1n) is 7.85. The molecule has 0 fully saturated rings. The lowest BCUT2D eigenvalue weighted by atomic mass is 9.94. The number of carbonyl (C=O) groups is 2. The number of hydrogen-bond donors (Lipinski definition) is 3. The molecule has 0 aliphatic carbocycles. The van der Waals surface area contributed by atoms with Crippen molar-refractivity contribution < 1.29 is 23.5 Å². The second-order valence-corrected chi connectivity index (χ2v) is 6.03. The van der Waals surface area contributed by atoms with Gasteiger partial charge in [0.25, 0.3) is 0 Å². The smallest absolute Gasteiger partial charge is 0.222 e. The lowest BCUT2D eigenvalue weighted by Crippen LogP contribution is -2.47. The first kappa shape index (κ1) is 20.0. The van der Waals surface area contributed by atoms with Crippen LogP contribution < -0.4 is 10.6 Å². The third-order valence-electron chi connectivity index (χ3n) is 4.00. The van der Waals surface area contributed by atoms with Crippen molar-refractivity contribution in [2.75, 3.05) is 6.61 Å². The Morgan fingerprint density at radius 3 is 2.33 bits per heavy atom. The van der Waals surface area contributed by atoms with Crippen LogP contribution >= 0.6 is 0 Å². The van der Waals surface area contributed by atoms with E-state index in [1.165, 1.54) is 13.0 Å². The largest absolute Gasteiger partial charge is 0.396 e. The van der Waals surface area contributed by atoms with Gasteiger partial charge in [-0.1, -0.05) is 13.0 Å². The minimum atomic E-state index is -1.11. The summed E-state index contributed by atoms with van der Waals surface area (Å²) in [6.45, 7) is 4.75. The van der Waals surface area contributed by atoms with Crippen molar-refractivity contribution in [1.29, 1.82) is 0 Å². The van der Waals surface area contributed by atoms with Crippen LogP contribution in [0.4, 0.5) is 8.78 Å². The Hall–Kier alpha value is -2.02. The molecule has 0 saturated carbocycles. The molecular formula is C17H24F2N2O3. The molecular weight excluding hydrogens is 318 g/mol. The van der Waals surface area contributed by atoms with E-state index in [9.17, 15) is 18.4 Å². The second-order valence-electron chi connectivity index (χ2n) is 6.03. The van der Waals surface area contributed by atoms with Crippen molar-refractivity contribution in [3.63, 3.8) is 0 Å².